The molecule has 0 bridgehead atoms. The van der Waals surface area contributed by atoms with Crippen LogP contribution < -0.4 is 34.0 Å². The maximum absolute atomic E-state index is 12.7. The van der Waals surface area contributed by atoms with Gasteiger partial charge in [0.05, 0.1) is 6.04 Å². The van der Waals surface area contributed by atoms with E-state index in [2.05, 4.69) is 5.32 Å². The summed E-state index contributed by atoms with van der Waals surface area (Å²) in [5.74, 6) is -0.907. The Kier molecular flexibility index (Phi) is 19.1. The van der Waals surface area contributed by atoms with Gasteiger partial charge < -0.3 is 43.5 Å². The first-order chi connectivity index (χ1) is 16.7. The van der Waals surface area contributed by atoms with Crippen molar-refractivity contribution < 1.29 is 28.7 Å². The lowest BCUT2D eigenvalue weighted by Gasteiger charge is -2.24. The summed E-state index contributed by atoms with van der Waals surface area (Å²) in [6, 6.07) is -1.01. The lowest BCUT2D eigenvalue weighted by atomic mass is 10.1. The first kappa shape index (κ1) is 32.4. The molecule has 0 spiro atoms. The Hall–Kier alpha value is -2.64. The van der Waals surface area contributed by atoms with Crippen molar-refractivity contribution in [2.24, 2.45) is 28.7 Å². The third-order valence-corrected chi connectivity index (χ3v) is 5.21. The molecule has 0 saturated heterocycles. The molecule has 0 aromatic carbocycles. The molecule has 204 valence electrons. The standard InChI is InChI=1S/C22H45N7O6/c23-11-5-2-1-3-7-13-29(22(33)35-15-17(25)9-10-19(26)30)14-20(31)28-18(8-4-6-12-24)16-34-21(27)32/h17-18H,1-16,23-25H2,(H2,26,30)(H2,27,32)(H,28,31)/t17-,18-/m1/s1. The van der Waals surface area contributed by atoms with Gasteiger partial charge in [0.25, 0.3) is 0 Å². The summed E-state index contributed by atoms with van der Waals surface area (Å²) in [5, 5.41) is 2.78. The summed E-state index contributed by atoms with van der Waals surface area (Å²) in [4.78, 5) is 48.5. The predicted molar refractivity (Wildman–Crippen MR) is 132 cm³/mol. The third-order valence-electron chi connectivity index (χ3n) is 5.21. The molecule has 0 aliphatic rings. The summed E-state index contributed by atoms with van der Waals surface area (Å²) in [7, 11) is 0. The molecule has 0 aromatic heterocycles. The van der Waals surface area contributed by atoms with Crippen LogP contribution in [0.3, 0.4) is 0 Å². The highest BCUT2D eigenvalue weighted by atomic mass is 16.6. The van der Waals surface area contributed by atoms with Gasteiger partial charge in [0.1, 0.15) is 19.8 Å². The highest BCUT2D eigenvalue weighted by Gasteiger charge is 2.22. The van der Waals surface area contributed by atoms with Crippen LogP contribution in [0.4, 0.5) is 9.59 Å². The quantitative estimate of drug-likeness (QED) is 0.112. The maximum atomic E-state index is 12.7. The van der Waals surface area contributed by atoms with Crippen molar-refractivity contribution in [2.75, 3.05) is 39.4 Å². The molecule has 13 heteroatoms. The van der Waals surface area contributed by atoms with E-state index in [9.17, 15) is 19.2 Å². The van der Waals surface area contributed by atoms with Gasteiger partial charge in [-0.3, -0.25) is 14.5 Å². The SMILES string of the molecule is NCCCCCCCN(CC(=O)N[C@H](CCCCN)COC(N)=O)C(=O)OC[C@H](N)CCC(N)=O. The summed E-state index contributed by atoms with van der Waals surface area (Å²) in [5.41, 5.74) is 27.0. The van der Waals surface area contributed by atoms with Crippen LogP contribution in [0.25, 0.3) is 0 Å². The Labute approximate surface area is 207 Å². The van der Waals surface area contributed by atoms with Crippen LogP contribution in [0.1, 0.15) is 64.2 Å². The van der Waals surface area contributed by atoms with E-state index < -0.39 is 36.1 Å². The summed E-state index contributed by atoms with van der Waals surface area (Å²) in [6.07, 6.45) is 5.25. The number of primary amides is 2. The van der Waals surface area contributed by atoms with Crippen LogP contribution in [-0.4, -0.2) is 80.4 Å². The van der Waals surface area contributed by atoms with Gasteiger partial charge in [-0.25, -0.2) is 9.59 Å². The molecule has 11 N–H and O–H groups in total. The molecule has 0 aliphatic heterocycles. The Morgan fingerprint density at radius 2 is 1.43 bits per heavy atom. The molecule has 35 heavy (non-hydrogen) atoms. The van der Waals surface area contributed by atoms with Crippen LogP contribution in [0, 0.1) is 0 Å². The zero-order chi connectivity index (χ0) is 26.5. The maximum Gasteiger partial charge on any atom is 0.410 e. The van der Waals surface area contributed by atoms with E-state index in [1.54, 1.807) is 0 Å². The topological polar surface area (TPSA) is 232 Å². The summed E-state index contributed by atoms with van der Waals surface area (Å²) < 4.78 is 10.1. The van der Waals surface area contributed by atoms with Crippen molar-refractivity contribution in [1.82, 2.24) is 10.2 Å². The minimum Gasteiger partial charge on any atom is -0.448 e. The molecule has 2 atom stereocenters. The zero-order valence-electron chi connectivity index (χ0n) is 20.8. The number of rotatable bonds is 21. The number of nitrogens with zero attached hydrogens (tertiary/aromatic N) is 1. The van der Waals surface area contributed by atoms with E-state index in [1.807, 2.05) is 0 Å². The van der Waals surface area contributed by atoms with E-state index in [0.29, 0.717) is 32.5 Å². The van der Waals surface area contributed by atoms with Crippen molar-refractivity contribution in [1.29, 1.82) is 0 Å². The van der Waals surface area contributed by atoms with E-state index in [-0.39, 0.29) is 32.6 Å². The minimum atomic E-state index is -0.935. The van der Waals surface area contributed by atoms with Crippen molar-refractivity contribution in [2.45, 2.75) is 76.3 Å². The molecule has 13 nitrogen and oxygen atoms in total. The lowest BCUT2D eigenvalue weighted by Crippen LogP contribution is -2.47. The molecule has 0 rings (SSSR count). The molecule has 0 heterocycles. The largest absolute Gasteiger partial charge is 0.448 e. The fourth-order valence-electron chi connectivity index (χ4n) is 3.25. The number of carbonyl (C=O) groups is 4. The second-order valence-corrected chi connectivity index (χ2v) is 8.50. The molecule has 0 fully saturated rings. The minimum absolute atomic E-state index is 0.0774. The smallest absolute Gasteiger partial charge is 0.410 e. The van der Waals surface area contributed by atoms with Crippen LogP contribution in [0.15, 0.2) is 0 Å². The third kappa shape index (κ3) is 19.4. The van der Waals surface area contributed by atoms with E-state index >= 15 is 0 Å². The van der Waals surface area contributed by atoms with Gasteiger partial charge in [0, 0.05) is 19.0 Å². The number of hydrogen-bond donors (Lipinski definition) is 6. The molecule has 4 amide bonds. The first-order valence-corrected chi connectivity index (χ1v) is 12.3. The Morgan fingerprint density at radius 3 is 2.06 bits per heavy atom. The van der Waals surface area contributed by atoms with Crippen molar-refractivity contribution in [3.63, 3.8) is 0 Å². The monoisotopic (exact) mass is 503 g/mol. The highest BCUT2D eigenvalue weighted by Crippen LogP contribution is 2.07. The second-order valence-electron chi connectivity index (χ2n) is 8.50. The van der Waals surface area contributed by atoms with Gasteiger partial charge in [0.2, 0.25) is 11.8 Å². The molecule has 0 aromatic rings. The number of nitrogens with one attached hydrogen (secondary N) is 1. The normalized spacial score (nSPS) is 12.4. The lowest BCUT2D eigenvalue weighted by molar-refractivity contribution is -0.123. The second kappa shape index (κ2) is 20.7. The van der Waals surface area contributed by atoms with E-state index in [4.69, 9.17) is 38.1 Å². The van der Waals surface area contributed by atoms with Crippen molar-refractivity contribution in [3.8, 4) is 0 Å². The molecule has 0 saturated carbocycles. The zero-order valence-corrected chi connectivity index (χ0v) is 20.8. The van der Waals surface area contributed by atoms with E-state index in [1.165, 1.54) is 4.90 Å². The Morgan fingerprint density at radius 1 is 0.800 bits per heavy atom. The molecular formula is C22H45N7O6. The van der Waals surface area contributed by atoms with Gasteiger partial charge in [-0.1, -0.05) is 25.7 Å². The van der Waals surface area contributed by atoms with Crippen molar-refractivity contribution in [3.05, 3.63) is 0 Å². The van der Waals surface area contributed by atoms with Gasteiger partial charge in [0.15, 0.2) is 0 Å². The Bertz CT molecular complexity index is 623. The van der Waals surface area contributed by atoms with Crippen molar-refractivity contribution >= 4 is 24.0 Å². The summed E-state index contributed by atoms with van der Waals surface area (Å²) in [6.45, 7) is 1.05. The molecule has 0 aliphatic carbocycles. The van der Waals surface area contributed by atoms with Crippen LogP contribution in [0.5, 0.6) is 0 Å². The Balaban J connectivity index is 4.92. The average Bonchev–Trinajstić information content (AvgIpc) is 2.80. The molecular weight excluding hydrogens is 458 g/mol. The van der Waals surface area contributed by atoms with Crippen LogP contribution >= 0.6 is 0 Å². The fourth-order valence-corrected chi connectivity index (χ4v) is 3.25. The summed E-state index contributed by atoms with van der Waals surface area (Å²) >= 11 is 0. The number of amides is 4. The fraction of sp³-hybridized carbons (Fsp3) is 0.818. The van der Waals surface area contributed by atoms with Gasteiger partial charge in [-0.05, 0) is 45.2 Å². The molecule has 0 unspecified atom stereocenters. The van der Waals surface area contributed by atoms with Gasteiger partial charge >= 0.3 is 12.2 Å². The number of carbonyl (C=O) groups excluding carboxylic acids is 4. The van der Waals surface area contributed by atoms with Gasteiger partial charge in [-0.2, -0.15) is 0 Å². The number of nitrogens with two attached hydrogens (primary N) is 5. The number of unbranched alkanes of at least 4 members (excludes halogenated alkanes) is 5. The molecule has 0 radical (unpaired) electrons. The highest BCUT2D eigenvalue weighted by molar-refractivity contribution is 5.82. The average molecular weight is 504 g/mol. The first-order valence-electron chi connectivity index (χ1n) is 12.3. The predicted octanol–water partition coefficient (Wildman–Crippen LogP) is -0.364. The number of hydrogen-bond acceptors (Lipinski definition) is 9. The van der Waals surface area contributed by atoms with Crippen LogP contribution in [-0.2, 0) is 19.1 Å². The van der Waals surface area contributed by atoms with E-state index in [0.717, 1.165) is 38.5 Å². The van der Waals surface area contributed by atoms with Crippen LogP contribution in [0.2, 0.25) is 0 Å². The van der Waals surface area contributed by atoms with Gasteiger partial charge in [-0.15, -0.1) is 0 Å². The number of ether oxygens (including phenoxy) is 2.